The maximum atomic E-state index is 14.9. The van der Waals surface area contributed by atoms with Gasteiger partial charge in [-0.05, 0) is 55.7 Å². The van der Waals surface area contributed by atoms with Gasteiger partial charge >= 0.3 is 6.18 Å². The van der Waals surface area contributed by atoms with Crippen LogP contribution >= 0.6 is 0 Å². The molecule has 10 nitrogen and oxygen atoms in total. The number of carbonyl (C=O) groups excluding carboxylic acids is 1. The van der Waals surface area contributed by atoms with E-state index in [1.54, 1.807) is 18.5 Å². The second-order valence-corrected chi connectivity index (χ2v) is 10.8. The van der Waals surface area contributed by atoms with E-state index in [4.69, 9.17) is 9.26 Å². The minimum atomic E-state index is -4.46. The molecule has 2 aliphatic rings. The van der Waals surface area contributed by atoms with Gasteiger partial charge in [0.25, 0.3) is 0 Å². The molecule has 1 saturated carbocycles. The lowest BCUT2D eigenvalue weighted by molar-refractivity contribution is -0.165. The number of ether oxygens (including phenoxy) is 1. The molecule has 0 bridgehead atoms. The van der Waals surface area contributed by atoms with Gasteiger partial charge in [0.15, 0.2) is 11.6 Å². The van der Waals surface area contributed by atoms with E-state index in [0.29, 0.717) is 30.1 Å². The van der Waals surface area contributed by atoms with Crippen molar-refractivity contribution in [2.45, 2.75) is 69.7 Å². The summed E-state index contributed by atoms with van der Waals surface area (Å²) in [6.45, 7) is 2.73. The lowest BCUT2D eigenvalue weighted by Gasteiger charge is -2.22. The molecule has 4 aromatic rings. The normalized spacial score (nSPS) is 17.9. The Labute approximate surface area is 243 Å². The first kappa shape index (κ1) is 28.8. The third-order valence-electron chi connectivity index (χ3n) is 7.77. The van der Waals surface area contributed by atoms with E-state index in [9.17, 15) is 22.4 Å². The molecule has 14 heteroatoms. The number of nitrogens with one attached hydrogen (secondary N) is 2. The lowest BCUT2D eigenvalue weighted by Crippen LogP contribution is -2.28. The molecule has 1 aliphatic carbocycles. The van der Waals surface area contributed by atoms with Crippen molar-refractivity contribution in [3.05, 3.63) is 65.7 Å². The predicted octanol–water partition coefficient (Wildman–Crippen LogP) is 6.25. The van der Waals surface area contributed by atoms with E-state index in [-0.39, 0.29) is 42.6 Å². The van der Waals surface area contributed by atoms with Crippen LogP contribution in [0.25, 0.3) is 11.1 Å². The molecular weight excluding hydrogens is 570 g/mol. The Hall–Kier alpha value is -4.33. The fourth-order valence-corrected chi connectivity index (χ4v) is 5.12. The molecule has 4 heterocycles. The van der Waals surface area contributed by atoms with Crippen LogP contribution in [0, 0.1) is 5.82 Å². The number of aryl methyl sites for hydroxylation is 1. The highest BCUT2D eigenvalue weighted by Crippen LogP contribution is 2.59. The average molecular weight is 600 g/mol. The maximum absolute atomic E-state index is 14.9. The first-order valence-corrected chi connectivity index (χ1v) is 14.1. The number of carbonyl (C=O) groups is 1. The zero-order valence-electron chi connectivity index (χ0n) is 23.2. The number of anilines is 3. The van der Waals surface area contributed by atoms with Gasteiger partial charge in [0, 0.05) is 30.6 Å². The van der Waals surface area contributed by atoms with Gasteiger partial charge in [-0.25, -0.2) is 19.0 Å². The molecule has 1 atom stereocenters. The molecule has 0 radical (unpaired) electrons. The van der Waals surface area contributed by atoms with Crippen LogP contribution in [0.4, 0.5) is 35.0 Å². The molecule has 6 rings (SSSR count). The second kappa shape index (κ2) is 11.4. The molecule has 3 aromatic heterocycles. The van der Waals surface area contributed by atoms with Gasteiger partial charge in [0.05, 0.1) is 24.0 Å². The summed E-state index contributed by atoms with van der Waals surface area (Å²) in [5.41, 5.74) is 0.773. The van der Waals surface area contributed by atoms with Crippen molar-refractivity contribution in [3.63, 3.8) is 0 Å². The summed E-state index contributed by atoms with van der Waals surface area (Å²) in [4.78, 5) is 21.2. The van der Waals surface area contributed by atoms with Crippen molar-refractivity contribution < 1.29 is 31.6 Å². The fourth-order valence-electron chi connectivity index (χ4n) is 5.12. The van der Waals surface area contributed by atoms with E-state index in [0.717, 1.165) is 36.7 Å². The molecule has 2 N–H and O–H groups in total. The van der Waals surface area contributed by atoms with Crippen LogP contribution in [0.1, 0.15) is 62.3 Å². The minimum Gasteiger partial charge on any atom is -0.358 e. The highest BCUT2D eigenvalue weighted by atomic mass is 19.4. The third kappa shape index (κ3) is 5.96. The largest absolute Gasteiger partial charge is 0.401 e. The van der Waals surface area contributed by atoms with Crippen LogP contribution in [0.5, 0.6) is 0 Å². The first-order chi connectivity index (χ1) is 20.6. The zero-order chi connectivity index (χ0) is 30.2. The molecular formula is C29H29F4N7O3. The Kier molecular flexibility index (Phi) is 7.63. The number of hydrogen-bond donors (Lipinski definition) is 2. The van der Waals surface area contributed by atoms with Gasteiger partial charge in [-0.1, -0.05) is 24.2 Å². The summed E-state index contributed by atoms with van der Waals surface area (Å²) in [5, 5.41) is 13.8. The van der Waals surface area contributed by atoms with Crippen molar-refractivity contribution in [3.8, 4) is 11.1 Å². The minimum absolute atomic E-state index is 0.0878. The average Bonchev–Trinajstić information content (AvgIpc) is 3.54. The molecule has 1 amide bonds. The number of halogens is 4. The number of hydrogen-bond acceptors (Lipinski definition) is 8. The Morgan fingerprint density at radius 2 is 1.93 bits per heavy atom. The third-order valence-corrected chi connectivity index (χ3v) is 7.77. The van der Waals surface area contributed by atoms with Crippen molar-refractivity contribution in [1.82, 2.24) is 24.9 Å². The van der Waals surface area contributed by atoms with Gasteiger partial charge in [-0.3, -0.25) is 4.79 Å². The SMILES string of the molecule is CCc1nn(C2CCCCO2)cc1Nc1ncc(-c2ccc(CC(=O)Nc3cc(C4(C(F)(F)F)CC4)on3)c(F)c2)cn1. The molecule has 1 saturated heterocycles. The molecule has 0 spiro atoms. The number of nitrogens with zero attached hydrogens (tertiary/aromatic N) is 5. The van der Waals surface area contributed by atoms with Crippen LogP contribution < -0.4 is 10.6 Å². The fraction of sp³-hybridized carbons (Fsp3) is 0.414. The number of benzene rings is 1. The summed E-state index contributed by atoms with van der Waals surface area (Å²) >= 11 is 0. The molecule has 43 heavy (non-hydrogen) atoms. The maximum Gasteiger partial charge on any atom is 0.401 e. The summed E-state index contributed by atoms with van der Waals surface area (Å²) in [5.74, 6) is -1.42. The van der Waals surface area contributed by atoms with E-state index in [2.05, 4.69) is 30.9 Å². The number of alkyl halides is 3. The standard InChI is InChI=1S/C29H29F4N7O3/c1-2-21-22(16-40(38-21)26-5-3-4-10-42-26)36-27-34-14-19(15-35-27)17-6-7-18(20(30)11-17)12-25(41)37-24-13-23(43-39-24)28(8-9-28)29(31,32)33/h6-7,11,13-16,26H,2-5,8-10,12H2,1H3,(H,34,35,36)(H,37,39,41). The number of aromatic nitrogens is 5. The van der Waals surface area contributed by atoms with Crippen molar-refractivity contribution in [2.75, 3.05) is 17.2 Å². The van der Waals surface area contributed by atoms with E-state index in [1.165, 1.54) is 12.1 Å². The first-order valence-electron chi connectivity index (χ1n) is 14.1. The molecule has 1 aromatic carbocycles. The van der Waals surface area contributed by atoms with Crippen LogP contribution in [0.2, 0.25) is 0 Å². The van der Waals surface area contributed by atoms with Crippen LogP contribution in [-0.2, 0) is 27.8 Å². The molecule has 1 unspecified atom stereocenters. The molecule has 226 valence electrons. The zero-order valence-corrected chi connectivity index (χ0v) is 23.2. The summed E-state index contributed by atoms with van der Waals surface area (Å²) in [6, 6.07) is 5.43. The van der Waals surface area contributed by atoms with Crippen molar-refractivity contribution >= 4 is 23.4 Å². The van der Waals surface area contributed by atoms with Gasteiger partial charge in [-0.2, -0.15) is 18.3 Å². The van der Waals surface area contributed by atoms with Crippen molar-refractivity contribution in [2.24, 2.45) is 0 Å². The van der Waals surface area contributed by atoms with Gasteiger partial charge in [0.1, 0.15) is 17.5 Å². The second-order valence-electron chi connectivity index (χ2n) is 10.8. The Morgan fingerprint density at radius 1 is 1.14 bits per heavy atom. The lowest BCUT2D eigenvalue weighted by atomic mass is 10.0. The van der Waals surface area contributed by atoms with Gasteiger partial charge < -0.3 is 19.9 Å². The topological polar surface area (TPSA) is 120 Å². The molecule has 1 aliphatic heterocycles. The van der Waals surface area contributed by atoms with E-state index in [1.807, 2.05) is 17.8 Å². The van der Waals surface area contributed by atoms with E-state index >= 15 is 0 Å². The monoisotopic (exact) mass is 599 g/mol. The van der Waals surface area contributed by atoms with E-state index < -0.39 is 23.3 Å². The van der Waals surface area contributed by atoms with Crippen LogP contribution in [0.15, 0.2) is 47.4 Å². The van der Waals surface area contributed by atoms with Crippen molar-refractivity contribution in [1.29, 1.82) is 0 Å². The Morgan fingerprint density at radius 3 is 2.58 bits per heavy atom. The number of amides is 1. The predicted molar refractivity (Wildman–Crippen MR) is 147 cm³/mol. The smallest absolute Gasteiger partial charge is 0.358 e. The quantitative estimate of drug-likeness (QED) is 0.217. The van der Waals surface area contributed by atoms with Crippen LogP contribution in [-0.4, -0.2) is 43.6 Å². The summed E-state index contributed by atoms with van der Waals surface area (Å²) in [7, 11) is 0. The Bertz CT molecular complexity index is 1610. The highest BCUT2D eigenvalue weighted by molar-refractivity contribution is 5.91. The Balaban J connectivity index is 1.08. The molecule has 2 fully saturated rings. The summed E-state index contributed by atoms with van der Waals surface area (Å²) < 4.78 is 67.4. The highest BCUT2D eigenvalue weighted by Gasteiger charge is 2.66. The van der Waals surface area contributed by atoms with Gasteiger partial charge in [-0.15, -0.1) is 0 Å². The number of rotatable bonds is 9. The van der Waals surface area contributed by atoms with Crippen LogP contribution in [0.3, 0.4) is 0 Å². The summed E-state index contributed by atoms with van der Waals surface area (Å²) in [6.07, 6.45) is 3.68. The van der Waals surface area contributed by atoms with Gasteiger partial charge in [0.2, 0.25) is 11.9 Å².